The van der Waals surface area contributed by atoms with Gasteiger partial charge in [0, 0.05) is 17.1 Å². The fourth-order valence-corrected chi connectivity index (χ4v) is 4.22. The molecule has 146 valence electrons. The van der Waals surface area contributed by atoms with Gasteiger partial charge in [0.25, 0.3) is 5.91 Å². The number of benzene rings is 3. The Labute approximate surface area is 178 Å². The number of rotatable bonds is 6. The summed E-state index contributed by atoms with van der Waals surface area (Å²) in [5.41, 5.74) is 3.81. The first-order valence-electron chi connectivity index (χ1n) is 9.19. The summed E-state index contributed by atoms with van der Waals surface area (Å²) in [4.78, 5) is 16.8. The van der Waals surface area contributed by atoms with Gasteiger partial charge in [-0.05, 0) is 60.5 Å². The first-order valence-corrected chi connectivity index (χ1v) is 10.4. The molecule has 0 saturated carbocycles. The number of aromatic nitrogens is 1. The van der Waals surface area contributed by atoms with Crippen LogP contribution in [0.3, 0.4) is 0 Å². The molecule has 1 amide bonds. The minimum absolute atomic E-state index is 0.0596. The van der Waals surface area contributed by atoms with E-state index in [9.17, 15) is 4.79 Å². The predicted molar refractivity (Wildman–Crippen MR) is 119 cm³/mol. The molecular weight excluding hydrogens is 404 g/mol. The van der Waals surface area contributed by atoms with Gasteiger partial charge in [-0.1, -0.05) is 35.9 Å². The van der Waals surface area contributed by atoms with Crippen molar-refractivity contribution in [1.82, 2.24) is 4.98 Å². The Morgan fingerprint density at radius 2 is 1.90 bits per heavy atom. The number of nitrogens with one attached hydrogen (secondary N) is 1. The van der Waals surface area contributed by atoms with Gasteiger partial charge in [0.05, 0.1) is 15.2 Å². The van der Waals surface area contributed by atoms with Crippen molar-refractivity contribution in [3.63, 3.8) is 0 Å². The molecule has 0 bridgehead atoms. The number of hydrogen-bond donors (Lipinski definition) is 1. The zero-order valence-corrected chi connectivity index (χ0v) is 17.4. The maximum absolute atomic E-state index is 12.2. The number of fused-ring (bicyclic) bond motifs is 1. The summed E-state index contributed by atoms with van der Waals surface area (Å²) in [6, 6.07) is 21.3. The van der Waals surface area contributed by atoms with Crippen molar-refractivity contribution in [3.05, 3.63) is 87.9 Å². The number of ether oxygens (including phenoxy) is 1. The molecule has 0 unspecified atom stereocenters. The summed E-state index contributed by atoms with van der Waals surface area (Å²) < 4.78 is 6.78. The van der Waals surface area contributed by atoms with Crippen LogP contribution in [0, 0.1) is 6.92 Å². The van der Waals surface area contributed by atoms with E-state index >= 15 is 0 Å². The van der Waals surface area contributed by atoms with Crippen LogP contribution >= 0.6 is 22.9 Å². The zero-order valence-electron chi connectivity index (χ0n) is 15.8. The van der Waals surface area contributed by atoms with Gasteiger partial charge in [-0.2, -0.15) is 0 Å². The minimum Gasteiger partial charge on any atom is -0.483 e. The molecule has 0 radical (unpaired) electrons. The smallest absolute Gasteiger partial charge is 0.262 e. The molecule has 3 aromatic carbocycles. The molecule has 4 aromatic rings. The van der Waals surface area contributed by atoms with Gasteiger partial charge in [-0.25, -0.2) is 4.98 Å². The number of amides is 1. The number of halogens is 1. The maximum Gasteiger partial charge on any atom is 0.262 e. The van der Waals surface area contributed by atoms with Crippen molar-refractivity contribution in [2.24, 2.45) is 0 Å². The van der Waals surface area contributed by atoms with E-state index in [2.05, 4.69) is 16.4 Å². The Bertz CT molecular complexity index is 1120. The quantitative estimate of drug-likeness (QED) is 0.423. The standard InChI is InChI=1S/C23H19ClN2O2S/c1-15-12-17(24)8-11-20(15)28-14-22(27)25-18-9-6-16(7-10-18)13-23-26-19-4-2-3-5-21(19)29-23/h2-12H,13-14H2,1H3,(H,25,27). The predicted octanol–water partition coefficient (Wildman–Crippen LogP) is 5.87. The van der Waals surface area contributed by atoms with E-state index in [-0.39, 0.29) is 12.5 Å². The lowest BCUT2D eigenvalue weighted by atomic mass is 10.1. The van der Waals surface area contributed by atoms with Gasteiger partial charge in [0.15, 0.2) is 6.61 Å². The molecule has 0 spiro atoms. The number of anilines is 1. The molecule has 4 nitrogen and oxygen atoms in total. The summed E-state index contributed by atoms with van der Waals surface area (Å²) in [5.74, 6) is 0.439. The second-order valence-corrected chi connectivity index (χ2v) is 8.25. The third-order valence-corrected chi connectivity index (χ3v) is 5.70. The van der Waals surface area contributed by atoms with Crippen LogP contribution < -0.4 is 10.1 Å². The number of nitrogens with zero attached hydrogens (tertiary/aromatic N) is 1. The Morgan fingerprint density at radius 3 is 2.66 bits per heavy atom. The fraction of sp³-hybridized carbons (Fsp3) is 0.130. The van der Waals surface area contributed by atoms with Gasteiger partial charge in [0.2, 0.25) is 0 Å². The molecule has 1 aromatic heterocycles. The van der Waals surface area contributed by atoms with Crippen LogP contribution in [0.25, 0.3) is 10.2 Å². The lowest BCUT2D eigenvalue weighted by Crippen LogP contribution is -2.20. The second kappa shape index (κ2) is 8.64. The number of para-hydroxylation sites is 1. The first kappa shape index (κ1) is 19.4. The van der Waals surface area contributed by atoms with Crippen LogP contribution in [-0.4, -0.2) is 17.5 Å². The normalized spacial score (nSPS) is 10.8. The second-order valence-electron chi connectivity index (χ2n) is 6.70. The van der Waals surface area contributed by atoms with Crippen LogP contribution in [0.4, 0.5) is 5.69 Å². The molecule has 1 N–H and O–H groups in total. The number of carbonyl (C=O) groups excluding carboxylic acids is 1. The highest BCUT2D eigenvalue weighted by atomic mass is 35.5. The van der Waals surface area contributed by atoms with Gasteiger partial charge in [0.1, 0.15) is 5.75 Å². The van der Waals surface area contributed by atoms with Crippen molar-refractivity contribution in [2.45, 2.75) is 13.3 Å². The SMILES string of the molecule is Cc1cc(Cl)ccc1OCC(=O)Nc1ccc(Cc2nc3ccccc3s2)cc1. The van der Waals surface area contributed by atoms with E-state index in [1.807, 2.05) is 49.4 Å². The van der Waals surface area contributed by atoms with Crippen molar-refractivity contribution >= 4 is 44.7 Å². The molecule has 4 rings (SSSR count). The lowest BCUT2D eigenvalue weighted by molar-refractivity contribution is -0.118. The molecule has 0 aliphatic carbocycles. The van der Waals surface area contributed by atoms with E-state index in [0.717, 1.165) is 33.8 Å². The van der Waals surface area contributed by atoms with Gasteiger partial charge in [-0.3, -0.25) is 4.79 Å². The van der Waals surface area contributed by atoms with Gasteiger partial charge < -0.3 is 10.1 Å². The van der Waals surface area contributed by atoms with Crippen LogP contribution in [0.2, 0.25) is 5.02 Å². The summed E-state index contributed by atoms with van der Waals surface area (Å²) >= 11 is 7.64. The third kappa shape index (κ3) is 4.94. The van der Waals surface area contributed by atoms with Crippen molar-refractivity contribution in [1.29, 1.82) is 0 Å². The highest BCUT2D eigenvalue weighted by Gasteiger charge is 2.08. The molecule has 6 heteroatoms. The van der Waals surface area contributed by atoms with E-state index in [1.54, 1.807) is 29.5 Å². The topological polar surface area (TPSA) is 51.2 Å². The number of hydrogen-bond acceptors (Lipinski definition) is 4. The first-order chi connectivity index (χ1) is 14.1. The third-order valence-electron chi connectivity index (χ3n) is 4.43. The number of thiazole rings is 1. The number of carbonyl (C=O) groups is 1. The Balaban J connectivity index is 1.33. The summed E-state index contributed by atoms with van der Waals surface area (Å²) in [6.45, 7) is 1.83. The van der Waals surface area contributed by atoms with Crippen molar-refractivity contribution in [2.75, 3.05) is 11.9 Å². The lowest BCUT2D eigenvalue weighted by Gasteiger charge is -2.10. The van der Waals surface area contributed by atoms with Crippen LogP contribution in [-0.2, 0) is 11.2 Å². The zero-order chi connectivity index (χ0) is 20.2. The summed E-state index contributed by atoms with van der Waals surface area (Å²) in [7, 11) is 0. The van der Waals surface area contributed by atoms with E-state index in [0.29, 0.717) is 10.8 Å². The number of aryl methyl sites for hydroxylation is 1. The van der Waals surface area contributed by atoms with Crippen LogP contribution in [0.15, 0.2) is 66.7 Å². The van der Waals surface area contributed by atoms with Crippen molar-refractivity contribution in [3.8, 4) is 5.75 Å². The molecule has 1 heterocycles. The molecule has 0 fully saturated rings. The Kier molecular flexibility index (Phi) is 5.79. The molecule has 0 saturated heterocycles. The Hall–Kier alpha value is -2.89. The monoisotopic (exact) mass is 422 g/mol. The summed E-state index contributed by atoms with van der Waals surface area (Å²) in [5, 5.41) is 4.57. The molecular formula is C23H19ClN2O2S. The molecule has 0 atom stereocenters. The van der Waals surface area contributed by atoms with Crippen molar-refractivity contribution < 1.29 is 9.53 Å². The largest absolute Gasteiger partial charge is 0.483 e. The van der Waals surface area contributed by atoms with E-state index in [4.69, 9.17) is 16.3 Å². The maximum atomic E-state index is 12.2. The molecule has 29 heavy (non-hydrogen) atoms. The van der Waals surface area contributed by atoms with E-state index < -0.39 is 0 Å². The van der Waals surface area contributed by atoms with Crippen LogP contribution in [0.5, 0.6) is 5.75 Å². The molecule has 0 aliphatic heterocycles. The average Bonchev–Trinajstić information content (AvgIpc) is 3.11. The minimum atomic E-state index is -0.210. The average molecular weight is 423 g/mol. The summed E-state index contributed by atoms with van der Waals surface area (Å²) in [6.07, 6.45) is 0.770. The molecule has 0 aliphatic rings. The highest BCUT2D eigenvalue weighted by Crippen LogP contribution is 2.24. The van der Waals surface area contributed by atoms with Gasteiger partial charge >= 0.3 is 0 Å². The van der Waals surface area contributed by atoms with E-state index in [1.165, 1.54) is 4.70 Å². The Morgan fingerprint density at radius 1 is 1.10 bits per heavy atom. The van der Waals surface area contributed by atoms with Gasteiger partial charge in [-0.15, -0.1) is 11.3 Å². The highest BCUT2D eigenvalue weighted by molar-refractivity contribution is 7.18. The van der Waals surface area contributed by atoms with Crippen LogP contribution in [0.1, 0.15) is 16.1 Å². The fourth-order valence-electron chi connectivity index (χ4n) is 2.99.